The van der Waals surface area contributed by atoms with Gasteiger partial charge >= 0.3 is 0 Å². The van der Waals surface area contributed by atoms with E-state index in [0.29, 0.717) is 29.0 Å². The first-order valence-corrected chi connectivity index (χ1v) is 9.92. The van der Waals surface area contributed by atoms with Crippen molar-refractivity contribution in [2.75, 3.05) is 0 Å². The Morgan fingerprint density at radius 3 is 2.57 bits per heavy atom. The number of rotatable bonds is 7. The minimum absolute atomic E-state index is 0.491. The monoisotopic (exact) mass is 409 g/mol. The molecule has 0 spiro atoms. The van der Waals surface area contributed by atoms with Gasteiger partial charge < -0.3 is 4.52 Å². The summed E-state index contributed by atoms with van der Waals surface area (Å²) in [5.41, 5.74) is 1.86. The maximum atomic E-state index is 5.92. The van der Waals surface area contributed by atoms with Gasteiger partial charge in [-0.05, 0) is 24.3 Å². The molecule has 4 aromatic rings. The Labute approximate surface area is 171 Å². The summed E-state index contributed by atoms with van der Waals surface area (Å²) < 4.78 is 7.39. The highest BCUT2D eigenvalue weighted by molar-refractivity contribution is 7.98. The summed E-state index contributed by atoms with van der Waals surface area (Å²) in [6.07, 6.45) is 1.82. The summed E-state index contributed by atoms with van der Waals surface area (Å²) in [7, 11) is 0. The lowest BCUT2D eigenvalue weighted by Crippen LogP contribution is -2.00. The van der Waals surface area contributed by atoms with E-state index >= 15 is 0 Å². The number of aromatic nitrogens is 5. The number of benzene rings is 2. The van der Waals surface area contributed by atoms with Crippen LogP contribution < -0.4 is 0 Å². The molecule has 140 valence electrons. The standard InChI is InChI=1S/C20H16ClN5OS/c1-2-12-26-19(15-6-4-3-5-7-15)23-24-20(26)28-13-17-22-18(25-27-17)14-8-10-16(21)11-9-14/h2-11H,1,12-13H2. The molecule has 2 aromatic heterocycles. The van der Waals surface area contributed by atoms with Crippen molar-refractivity contribution in [3.05, 3.63) is 78.2 Å². The Kier molecular flexibility index (Phi) is 5.55. The molecule has 0 N–H and O–H groups in total. The van der Waals surface area contributed by atoms with Gasteiger partial charge in [0.15, 0.2) is 11.0 Å². The Balaban J connectivity index is 1.52. The molecule has 0 aliphatic heterocycles. The molecule has 0 unspecified atom stereocenters. The van der Waals surface area contributed by atoms with Crippen LogP contribution in [0.3, 0.4) is 0 Å². The highest BCUT2D eigenvalue weighted by Crippen LogP contribution is 2.27. The van der Waals surface area contributed by atoms with E-state index in [0.717, 1.165) is 22.1 Å². The minimum atomic E-state index is 0.491. The summed E-state index contributed by atoms with van der Waals surface area (Å²) >= 11 is 7.41. The summed E-state index contributed by atoms with van der Waals surface area (Å²) in [5.74, 6) is 2.34. The molecule has 0 radical (unpaired) electrons. The Hall–Kier alpha value is -2.90. The van der Waals surface area contributed by atoms with E-state index in [4.69, 9.17) is 16.1 Å². The summed E-state index contributed by atoms with van der Waals surface area (Å²) in [6, 6.07) is 17.3. The molecular weight excluding hydrogens is 394 g/mol. The van der Waals surface area contributed by atoms with Crippen LogP contribution in [-0.4, -0.2) is 24.9 Å². The lowest BCUT2D eigenvalue weighted by Gasteiger charge is -2.06. The minimum Gasteiger partial charge on any atom is -0.338 e. The van der Waals surface area contributed by atoms with Crippen LogP contribution >= 0.6 is 23.4 Å². The first kappa shape index (κ1) is 18.5. The van der Waals surface area contributed by atoms with Crippen molar-refractivity contribution in [3.63, 3.8) is 0 Å². The molecule has 0 fully saturated rings. The zero-order valence-corrected chi connectivity index (χ0v) is 16.4. The van der Waals surface area contributed by atoms with Crippen molar-refractivity contribution in [1.29, 1.82) is 0 Å². The maximum Gasteiger partial charge on any atom is 0.237 e. The molecule has 0 aliphatic carbocycles. The lowest BCUT2D eigenvalue weighted by atomic mass is 10.2. The molecule has 0 saturated carbocycles. The second kappa shape index (κ2) is 8.41. The fourth-order valence-electron chi connectivity index (χ4n) is 2.65. The summed E-state index contributed by atoms with van der Waals surface area (Å²) in [4.78, 5) is 4.45. The van der Waals surface area contributed by atoms with E-state index in [1.807, 2.05) is 53.1 Å². The van der Waals surface area contributed by atoms with Gasteiger partial charge in [-0.25, -0.2) is 0 Å². The van der Waals surface area contributed by atoms with Gasteiger partial charge in [0.2, 0.25) is 11.7 Å². The molecule has 6 nitrogen and oxygen atoms in total. The summed E-state index contributed by atoms with van der Waals surface area (Å²) in [6.45, 7) is 4.45. The van der Waals surface area contributed by atoms with Crippen LogP contribution in [0.15, 0.2) is 76.9 Å². The second-order valence-corrected chi connectivity index (χ2v) is 7.26. The molecule has 2 heterocycles. The van der Waals surface area contributed by atoms with E-state index in [1.54, 1.807) is 12.1 Å². The van der Waals surface area contributed by atoms with Crippen LogP contribution in [-0.2, 0) is 12.3 Å². The van der Waals surface area contributed by atoms with Gasteiger partial charge in [-0.15, -0.1) is 16.8 Å². The van der Waals surface area contributed by atoms with E-state index in [2.05, 4.69) is 26.9 Å². The molecule has 0 saturated heterocycles. The molecule has 0 atom stereocenters. The largest absolute Gasteiger partial charge is 0.338 e. The van der Waals surface area contributed by atoms with Crippen molar-refractivity contribution >= 4 is 23.4 Å². The van der Waals surface area contributed by atoms with Crippen LogP contribution in [0.5, 0.6) is 0 Å². The van der Waals surface area contributed by atoms with Gasteiger partial charge in [0, 0.05) is 22.7 Å². The predicted octanol–water partition coefficient (Wildman–Crippen LogP) is 5.13. The van der Waals surface area contributed by atoms with E-state index in [1.165, 1.54) is 11.8 Å². The smallest absolute Gasteiger partial charge is 0.237 e. The third-order valence-corrected chi connectivity index (χ3v) is 5.16. The first-order chi connectivity index (χ1) is 13.7. The number of nitrogens with zero attached hydrogens (tertiary/aromatic N) is 5. The molecular formula is C20H16ClN5OS. The van der Waals surface area contributed by atoms with Crippen molar-refractivity contribution in [1.82, 2.24) is 24.9 Å². The van der Waals surface area contributed by atoms with Crippen LogP contribution in [0.2, 0.25) is 5.02 Å². The van der Waals surface area contributed by atoms with Crippen LogP contribution in [0.25, 0.3) is 22.8 Å². The molecule has 4 rings (SSSR count). The maximum absolute atomic E-state index is 5.92. The average Bonchev–Trinajstić information content (AvgIpc) is 3.35. The normalized spacial score (nSPS) is 10.9. The topological polar surface area (TPSA) is 69.6 Å². The van der Waals surface area contributed by atoms with Crippen molar-refractivity contribution < 1.29 is 4.52 Å². The zero-order chi connectivity index (χ0) is 19.3. The van der Waals surface area contributed by atoms with Crippen LogP contribution in [0, 0.1) is 0 Å². The van der Waals surface area contributed by atoms with E-state index in [9.17, 15) is 0 Å². The first-order valence-electron chi connectivity index (χ1n) is 8.55. The predicted molar refractivity (Wildman–Crippen MR) is 110 cm³/mol. The number of hydrogen-bond acceptors (Lipinski definition) is 6. The number of halogens is 1. The molecule has 0 aliphatic rings. The second-order valence-electron chi connectivity index (χ2n) is 5.88. The fourth-order valence-corrected chi connectivity index (χ4v) is 3.56. The molecule has 2 aromatic carbocycles. The third kappa shape index (κ3) is 4.00. The number of allylic oxidation sites excluding steroid dienone is 1. The summed E-state index contributed by atoms with van der Waals surface area (Å²) in [5, 5.41) is 14.1. The molecule has 0 amide bonds. The Morgan fingerprint density at radius 2 is 1.82 bits per heavy atom. The Bertz CT molecular complexity index is 1080. The third-order valence-electron chi connectivity index (χ3n) is 3.96. The van der Waals surface area contributed by atoms with Gasteiger partial charge in [-0.1, -0.05) is 64.9 Å². The van der Waals surface area contributed by atoms with Gasteiger partial charge in [-0.3, -0.25) is 4.57 Å². The number of thioether (sulfide) groups is 1. The fraction of sp³-hybridized carbons (Fsp3) is 0.100. The van der Waals surface area contributed by atoms with Crippen LogP contribution in [0.4, 0.5) is 0 Å². The van der Waals surface area contributed by atoms with E-state index < -0.39 is 0 Å². The Morgan fingerprint density at radius 1 is 1.04 bits per heavy atom. The SMILES string of the molecule is C=CCn1c(SCc2nc(-c3ccc(Cl)cc3)no2)nnc1-c1ccccc1. The molecule has 0 bridgehead atoms. The van der Waals surface area contributed by atoms with Crippen LogP contribution in [0.1, 0.15) is 5.89 Å². The van der Waals surface area contributed by atoms with Crippen molar-refractivity contribution in [2.24, 2.45) is 0 Å². The molecule has 8 heteroatoms. The van der Waals surface area contributed by atoms with E-state index in [-0.39, 0.29) is 0 Å². The lowest BCUT2D eigenvalue weighted by molar-refractivity contribution is 0.391. The average molecular weight is 410 g/mol. The van der Waals surface area contributed by atoms with Gasteiger partial charge in [0.1, 0.15) is 0 Å². The van der Waals surface area contributed by atoms with Gasteiger partial charge in [-0.2, -0.15) is 4.98 Å². The highest BCUT2D eigenvalue weighted by atomic mass is 35.5. The van der Waals surface area contributed by atoms with Gasteiger partial charge in [0.25, 0.3) is 0 Å². The highest BCUT2D eigenvalue weighted by Gasteiger charge is 2.15. The van der Waals surface area contributed by atoms with Crippen molar-refractivity contribution in [2.45, 2.75) is 17.5 Å². The van der Waals surface area contributed by atoms with Crippen molar-refractivity contribution in [3.8, 4) is 22.8 Å². The quantitative estimate of drug-likeness (QED) is 0.311. The zero-order valence-electron chi connectivity index (χ0n) is 14.8. The number of hydrogen-bond donors (Lipinski definition) is 0. The molecule has 28 heavy (non-hydrogen) atoms. The van der Waals surface area contributed by atoms with Gasteiger partial charge in [0.05, 0.1) is 5.75 Å².